The number of rotatable bonds is 7. The van der Waals surface area contributed by atoms with Crippen LogP contribution in [0.4, 0.5) is 5.69 Å². The SMILES string of the molecule is Cc1ccc(C(N)=O)c(OCC(=O)Nc2ccc(Oc3ccccc3)cc2)c1. The number of primary amides is 1. The number of benzene rings is 3. The lowest BCUT2D eigenvalue weighted by atomic mass is 10.1. The number of nitrogens with two attached hydrogens (primary N) is 1. The molecule has 0 fully saturated rings. The third-order valence-electron chi connectivity index (χ3n) is 3.88. The number of nitrogens with one attached hydrogen (secondary N) is 1. The number of aryl methyl sites for hydroxylation is 1. The van der Waals surface area contributed by atoms with Crippen LogP contribution in [0.25, 0.3) is 0 Å². The predicted molar refractivity (Wildman–Crippen MR) is 107 cm³/mol. The highest BCUT2D eigenvalue weighted by molar-refractivity contribution is 5.96. The molecule has 2 amide bonds. The van der Waals surface area contributed by atoms with Crippen molar-refractivity contribution in [3.8, 4) is 17.2 Å². The summed E-state index contributed by atoms with van der Waals surface area (Å²) in [5.41, 5.74) is 7.07. The number of ether oxygens (including phenoxy) is 2. The van der Waals surface area contributed by atoms with E-state index in [4.69, 9.17) is 15.2 Å². The number of anilines is 1. The lowest BCUT2D eigenvalue weighted by Crippen LogP contribution is -2.21. The lowest BCUT2D eigenvalue weighted by Gasteiger charge is -2.11. The van der Waals surface area contributed by atoms with Gasteiger partial charge in [-0.05, 0) is 61.0 Å². The molecular weight excluding hydrogens is 356 g/mol. The van der Waals surface area contributed by atoms with Gasteiger partial charge in [-0.3, -0.25) is 9.59 Å². The molecule has 0 spiro atoms. The van der Waals surface area contributed by atoms with Crippen LogP contribution < -0.4 is 20.5 Å². The third-order valence-corrected chi connectivity index (χ3v) is 3.88. The molecular formula is C22H20N2O4. The molecule has 0 aliphatic rings. The summed E-state index contributed by atoms with van der Waals surface area (Å²) in [7, 11) is 0. The fraction of sp³-hybridized carbons (Fsp3) is 0.0909. The van der Waals surface area contributed by atoms with Gasteiger partial charge in [0.25, 0.3) is 11.8 Å². The Labute approximate surface area is 162 Å². The Kier molecular flexibility index (Phi) is 5.91. The smallest absolute Gasteiger partial charge is 0.262 e. The van der Waals surface area contributed by atoms with Crippen molar-refractivity contribution in [3.05, 3.63) is 83.9 Å². The van der Waals surface area contributed by atoms with Crippen LogP contribution in [0.15, 0.2) is 72.8 Å². The second-order valence-corrected chi connectivity index (χ2v) is 6.14. The number of hydrogen-bond donors (Lipinski definition) is 2. The van der Waals surface area contributed by atoms with E-state index in [1.54, 1.807) is 42.5 Å². The first-order valence-corrected chi connectivity index (χ1v) is 8.67. The van der Waals surface area contributed by atoms with Crippen molar-refractivity contribution in [2.45, 2.75) is 6.92 Å². The van der Waals surface area contributed by atoms with E-state index in [2.05, 4.69) is 5.32 Å². The standard InChI is InChI=1S/C22H20N2O4/c1-15-7-12-19(22(23)26)20(13-15)27-14-21(25)24-16-8-10-18(11-9-16)28-17-5-3-2-4-6-17/h2-13H,14H2,1H3,(H2,23,26)(H,24,25). The van der Waals surface area contributed by atoms with E-state index < -0.39 is 5.91 Å². The molecule has 142 valence electrons. The number of carbonyl (C=O) groups excluding carboxylic acids is 2. The van der Waals surface area contributed by atoms with Crippen molar-refractivity contribution in [3.63, 3.8) is 0 Å². The van der Waals surface area contributed by atoms with Crippen LogP contribution in [0.1, 0.15) is 15.9 Å². The van der Waals surface area contributed by atoms with Gasteiger partial charge in [0.05, 0.1) is 5.56 Å². The van der Waals surface area contributed by atoms with Gasteiger partial charge >= 0.3 is 0 Å². The molecule has 0 aromatic heterocycles. The first-order chi connectivity index (χ1) is 13.5. The maximum absolute atomic E-state index is 12.1. The van der Waals surface area contributed by atoms with Crippen molar-refractivity contribution >= 4 is 17.5 Å². The van der Waals surface area contributed by atoms with Gasteiger partial charge in [0.1, 0.15) is 17.2 Å². The molecule has 0 saturated heterocycles. The van der Waals surface area contributed by atoms with Gasteiger partial charge in [-0.25, -0.2) is 0 Å². The van der Waals surface area contributed by atoms with Gasteiger partial charge < -0.3 is 20.5 Å². The van der Waals surface area contributed by atoms with Gasteiger partial charge in [-0.2, -0.15) is 0 Å². The molecule has 0 radical (unpaired) electrons. The molecule has 6 heteroatoms. The van der Waals surface area contributed by atoms with E-state index >= 15 is 0 Å². The molecule has 6 nitrogen and oxygen atoms in total. The molecule has 3 N–H and O–H groups in total. The summed E-state index contributed by atoms with van der Waals surface area (Å²) in [6.07, 6.45) is 0. The molecule has 3 rings (SSSR count). The molecule has 3 aromatic rings. The highest BCUT2D eigenvalue weighted by Crippen LogP contribution is 2.23. The largest absolute Gasteiger partial charge is 0.483 e. The zero-order valence-corrected chi connectivity index (χ0v) is 15.3. The second kappa shape index (κ2) is 8.73. The molecule has 0 unspecified atom stereocenters. The van der Waals surface area contributed by atoms with E-state index in [9.17, 15) is 9.59 Å². The minimum atomic E-state index is -0.607. The molecule has 0 bridgehead atoms. The normalized spacial score (nSPS) is 10.2. The number of para-hydroxylation sites is 1. The molecule has 28 heavy (non-hydrogen) atoms. The van der Waals surface area contributed by atoms with Crippen LogP contribution >= 0.6 is 0 Å². The Morgan fingerprint density at radius 1 is 0.929 bits per heavy atom. The Hall–Kier alpha value is -3.80. The number of amides is 2. The van der Waals surface area contributed by atoms with E-state index in [-0.39, 0.29) is 23.8 Å². The minimum absolute atomic E-state index is 0.237. The van der Waals surface area contributed by atoms with E-state index in [1.807, 2.05) is 37.3 Å². The zero-order chi connectivity index (χ0) is 19.9. The molecule has 3 aromatic carbocycles. The van der Waals surface area contributed by atoms with Gasteiger partial charge in [-0.1, -0.05) is 24.3 Å². The fourth-order valence-corrected chi connectivity index (χ4v) is 2.52. The van der Waals surface area contributed by atoms with Gasteiger partial charge in [0.15, 0.2) is 6.61 Å². The summed E-state index contributed by atoms with van der Waals surface area (Å²) in [6, 6.07) is 21.4. The van der Waals surface area contributed by atoms with Crippen LogP contribution in [0.5, 0.6) is 17.2 Å². The van der Waals surface area contributed by atoms with Gasteiger partial charge in [0, 0.05) is 5.69 Å². The second-order valence-electron chi connectivity index (χ2n) is 6.14. The average Bonchev–Trinajstić information content (AvgIpc) is 2.68. The molecule has 0 heterocycles. The Morgan fingerprint density at radius 3 is 2.29 bits per heavy atom. The third kappa shape index (κ3) is 5.11. The van der Waals surface area contributed by atoms with Gasteiger partial charge in [-0.15, -0.1) is 0 Å². The summed E-state index contributed by atoms with van der Waals surface area (Å²) in [5, 5.41) is 2.73. The van der Waals surface area contributed by atoms with Crippen LogP contribution in [0.3, 0.4) is 0 Å². The molecule has 0 aliphatic heterocycles. The van der Waals surface area contributed by atoms with E-state index in [0.29, 0.717) is 11.4 Å². The maximum Gasteiger partial charge on any atom is 0.262 e. The van der Waals surface area contributed by atoms with Crippen molar-refractivity contribution in [1.29, 1.82) is 0 Å². The van der Waals surface area contributed by atoms with Crippen molar-refractivity contribution < 1.29 is 19.1 Å². The Bertz CT molecular complexity index is 970. The number of carbonyl (C=O) groups is 2. The quantitative estimate of drug-likeness (QED) is 0.654. The summed E-state index contributed by atoms with van der Waals surface area (Å²) >= 11 is 0. The molecule has 0 saturated carbocycles. The van der Waals surface area contributed by atoms with Crippen molar-refractivity contribution in [2.24, 2.45) is 5.73 Å². The maximum atomic E-state index is 12.1. The van der Waals surface area contributed by atoms with E-state index in [0.717, 1.165) is 11.3 Å². The summed E-state index contributed by atoms with van der Waals surface area (Å²) in [4.78, 5) is 23.6. The topological polar surface area (TPSA) is 90.7 Å². The Balaban J connectivity index is 1.57. The fourth-order valence-electron chi connectivity index (χ4n) is 2.52. The van der Waals surface area contributed by atoms with Crippen LogP contribution in [-0.2, 0) is 4.79 Å². The molecule has 0 aliphatic carbocycles. The zero-order valence-electron chi connectivity index (χ0n) is 15.3. The summed E-state index contributed by atoms with van der Waals surface area (Å²) in [6.45, 7) is 1.61. The van der Waals surface area contributed by atoms with Crippen LogP contribution in [-0.4, -0.2) is 18.4 Å². The Morgan fingerprint density at radius 2 is 1.61 bits per heavy atom. The molecule has 0 atom stereocenters. The highest BCUT2D eigenvalue weighted by Gasteiger charge is 2.11. The summed E-state index contributed by atoms with van der Waals surface area (Å²) in [5.74, 6) is 0.717. The monoisotopic (exact) mass is 376 g/mol. The highest BCUT2D eigenvalue weighted by atomic mass is 16.5. The first-order valence-electron chi connectivity index (χ1n) is 8.67. The lowest BCUT2D eigenvalue weighted by molar-refractivity contribution is -0.118. The van der Waals surface area contributed by atoms with Crippen molar-refractivity contribution in [2.75, 3.05) is 11.9 Å². The van der Waals surface area contributed by atoms with E-state index in [1.165, 1.54) is 0 Å². The van der Waals surface area contributed by atoms with Crippen molar-refractivity contribution in [1.82, 2.24) is 0 Å². The number of hydrogen-bond acceptors (Lipinski definition) is 4. The first kappa shape index (κ1) is 19.0. The minimum Gasteiger partial charge on any atom is -0.483 e. The van der Waals surface area contributed by atoms with Gasteiger partial charge in [0.2, 0.25) is 0 Å². The van der Waals surface area contributed by atoms with Crippen LogP contribution in [0.2, 0.25) is 0 Å². The predicted octanol–water partition coefficient (Wildman–Crippen LogP) is 3.90. The summed E-state index contributed by atoms with van der Waals surface area (Å²) < 4.78 is 11.2. The van der Waals surface area contributed by atoms with Crippen LogP contribution in [0, 0.1) is 6.92 Å². The average molecular weight is 376 g/mol.